The van der Waals surface area contributed by atoms with Gasteiger partial charge in [-0.15, -0.1) is 0 Å². The molecule has 1 saturated heterocycles. The van der Waals surface area contributed by atoms with Gasteiger partial charge in [-0.25, -0.2) is 8.42 Å². The lowest BCUT2D eigenvalue weighted by molar-refractivity contribution is -0.110. The quantitative estimate of drug-likeness (QED) is 0.531. The Morgan fingerprint density at radius 1 is 1.10 bits per heavy atom. The highest BCUT2D eigenvalue weighted by molar-refractivity contribution is 7.89. The fraction of sp³-hybridized carbons (Fsp3) is 0.304. The van der Waals surface area contributed by atoms with E-state index in [9.17, 15) is 8.42 Å². The molecule has 164 valence electrons. The van der Waals surface area contributed by atoms with E-state index in [0.717, 1.165) is 11.1 Å². The summed E-state index contributed by atoms with van der Waals surface area (Å²) in [7, 11) is -0.331. The second kappa shape index (κ2) is 9.23. The second-order valence-corrected chi connectivity index (χ2v) is 9.81. The number of ether oxygens (including phenoxy) is 1. The van der Waals surface area contributed by atoms with Crippen molar-refractivity contribution < 1.29 is 22.4 Å². The highest BCUT2D eigenvalue weighted by Crippen LogP contribution is 2.36. The van der Waals surface area contributed by atoms with Crippen molar-refractivity contribution in [2.45, 2.75) is 24.4 Å². The Morgan fingerprint density at radius 3 is 2.65 bits per heavy atom. The topological polar surface area (TPSA) is 72.2 Å². The number of rotatable bonds is 8. The molecule has 2 unspecified atom stereocenters. The predicted molar refractivity (Wildman–Crippen MR) is 117 cm³/mol. The molecule has 0 saturated carbocycles. The number of benzene rings is 2. The number of hydroxylamine groups is 2. The molecule has 0 aliphatic carbocycles. The van der Waals surface area contributed by atoms with Gasteiger partial charge in [0.25, 0.3) is 0 Å². The summed E-state index contributed by atoms with van der Waals surface area (Å²) >= 11 is 0. The fourth-order valence-corrected chi connectivity index (χ4v) is 5.40. The van der Waals surface area contributed by atoms with E-state index in [1.54, 1.807) is 31.3 Å². The van der Waals surface area contributed by atoms with Crippen LogP contribution in [0.2, 0.25) is 0 Å². The fourth-order valence-electron chi connectivity index (χ4n) is 3.74. The van der Waals surface area contributed by atoms with E-state index in [1.165, 1.54) is 10.6 Å². The Morgan fingerprint density at radius 2 is 1.90 bits per heavy atom. The van der Waals surface area contributed by atoms with Crippen LogP contribution < -0.4 is 4.74 Å². The lowest BCUT2D eigenvalue weighted by Gasteiger charge is -2.26. The van der Waals surface area contributed by atoms with Crippen LogP contribution in [0.1, 0.15) is 22.9 Å². The monoisotopic (exact) mass is 442 g/mol. The molecule has 31 heavy (non-hydrogen) atoms. The SMILES string of the molecule is CN1OCC(S(=O)(=O)N(C)Cc2ccco2)C1c1cccc(OCc2ccccc2)c1. The van der Waals surface area contributed by atoms with Gasteiger partial charge in [0, 0.05) is 14.1 Å². The Hall–Kier alpha value is -2.65. The zero-order valence-corrected chi connectivity index (χ0v) is 18.4. The van der Waals surface area contributed by atoms with Gasteiger partial charge in [0.1, 0.15) is 23.4 Å². The van der Waals surface area contributed by atoms with Gasteiger partial charge in [0.2, 0.25) is 10.0 Å². The zero-order valence-electron chi connectivity index (χ0n) is 17.5. The summed E-state index contributed by atoms with van der Waals surface area (Å²) in [5.41, 5.74) is 1.89. The summed E-state index contributed by atoms with van der Waals surface area (Å²) in [5.74, 6) is 1.27. The first-order valence-corrected chi connectivity index (χ1v) is 11.6. The van der Waals surface area contributed by atoms with Gasteiger partial charge < -0.3 is 9.15 Å². The molecule has 3 aromatic rings. The van der Waals surface area contributed by atoms with Crippen LogP contribution in [0.15, 0.2) is 77.4 Å². The van der Waals surface area contributed by atoms with E-state index in [4.69, 9.17) is 14.0 Å². The molecule has 2 atom stereocenters. The van der Waals surface area contributed by atoms with Crippen LogP contribution in [0.3, 0.4) is 0 Å². The third-order valence-corrected chi connectivity index (χ3v) is 7.57. The minimum Gasteiger partial charge on any atom is -0.489 e. The number of nitrogens with zero attached hydrogens (tertiary/aromatic N) is 2. The van der Waals surface area contributed by atoms with Crippen molar-refractivity contribution in [1.29, 1.82) is 0 Å². The van der Waals surface area contributed by atoms with Crippen molar-refractivity contribution in [3.05, 3.63) is 89.9 Å². The molecule has 0 radical (unpaired) electrons. The summed E-state index contributed by atoms with van der Waals surface area (Å²) in [6.45, 7) is 0.693. The third kappa shape index (κ3) is 4.83. The molecule has 0 spiro atoms. The highest BCUT2D eigenvalue weighted by atomic mass is 32.2. The van der Waals surface area contributed by atoms with Crippen LogP contribution in [0.5, 0.6) is 5.75 Å². The zero-order chi connectivity index (χ0) is 21.8. The van der Waals surface area contributed by atoms with E-state index in [-0.39, 0.29) is 13.2 Å². The number of sulfonamides is 1. The van der Waals surface area contributed by atoms with E-state index >= 15 is 0 Å². The Balaban J connectivity index is 1.53. The summed E-state index contributed by atoms with van der Waals surface area (Å²) < 4.78 is 39.2. The first kappa shape index (κ1) is 21.6. The molecule has 1 aliphatic rings. The predicted octanol–water partition coefficient (Wildman–Crippen LogP) is 3.61. The molecule has 4 rings (SSSR count). The van der Waals surface area contributed by atoms with Crippen LogP contribution in [0.25, 0.3) is 0 Å². The molecule has 2 heterocycles. The smallest absolute Gasteiger partial charge is 0.221 e. The minimum absolute atomic E-state index is 0.0844. The van der Waals surface area contributed by atoms with Crippen molar-refractivity contribution in [1.82, 2.24) is 9.37 Å². The third-order valence-electron chi connectivity index (χ3n) is 5.41. The van der Waals surface area contributed by atoms with E-state index in [2.05, 4.69) is 0 Å². The molecule has 8 heteroatoms. The molecule has 1 aliphatic heterocycles. The molecule has 0 N–H and O–H groups in total. The highest BCUT2D eigenvalue weighted by Gasteiger charge is 2.45. The summed E-state index contributed by atoms with van der Waals surface area (Å²) in [6.07, 6.45) is 1.53. The number of furan rings is 1. The molecule has 7 nitrogen and oxygen atoms in total. The molecule has 1 aromatic heterocycles. The average Bonchev–Trinajstić information content (AvgIpc) is 3.43. The summed E-state index contributed by atoms with van der Waals surface area (Å²) in [4.78, 5) is 5.64. The van der Waals surface area contributed by atoms with Gasteiger partial charge in [0.05, 0.1) is 25.5 Å². The van der Waals surface area contributed by atoms with Gasteiger partial charge in [0.15, 0.2) is 0 Å². The van der Waals surface area contributed by atoms with Crippen LogP contribution in [-0.2, 0) is 28.0 Å². The van der Waals surface area contributed by atoms with Crippen LogP contribution >= 0.6 is 0 Å². The first-order chi connectivity index (χ1) is 14.9. The average molecular weight is 443 g/mol. The summed E-state index contributed by atoms with van der Waals surface area (Å²) in [5, 5.41) is 0.862. The lowest BCUT2D eigenvalue weighted by atomic mass is 10.0. The van der Waals surface area contributed by atoms with E-state index in [1.807, 2.05) is 54.6 Å². The summed E-state index contributed by atoms with van der Waals surface area (Å²) in [6, 6.07) is 20.5. The molecule has 0 amide bonds. The second-order valence-electron chi connectivity index (χ2n) is 7.55. The maximum absolute atomic E-state index is 13.3. The number of hydrogen-bond acceptors (Lipinski definition) is 6. The maximum Gasteiger partial charge on any atom is 0.221 e. The minimum atomic E-state index is -3.65. The normalized spacial score (nSPS) is 19.7. The van der Waals surface area contributed by atoms with Crippen molar-refractivity contribution in [2.75, 3.05) is 20.7 Å². The van der Waals surface area contributed by atoms with Crippen LogP contribution in [0.4, 0.5) is 0 Å². The molecular formula is C23H26N2O5S. The van der Waals surface area contributed by atoms with Gasteiger partial charge >= 0.3 is 0 Å². The Bertz CT molecular complexity index is 1090. The lowest BCUT2D eigenvalue weighted by Crippen LogP contribution is -2.40. The number of hydrogen-bond donors (Lipinski definition) is 0. The van der Waals surface area contributed by atoms with Crippen molar-refractivity contribution in [3.63, 3.8) is 0 Å². The molecular weight excluding hydrogens is 416 g/mol. The standard InChI is InChI=1S/C23H26N2O5S/c1-24(15-21-12-7-13-28-21)31(26,27)22-17-30-25(2)23(22)19-10-6-11-20(14-19)29-16-18-8-4-3-5-9-18/h3-14,22-23H,15-17H2,1-2H3. The largest absolute Gasteiger partial charge is 0.489 e. The van der Waals surface area contributed by atoms with Crippen molar-refractivity contribution in [3.8, 4) is 5.75 Å². The Labute approximate surface area is 182 Å². The van der Waals surface area contributed by atoms with Crippen molar-refractivity contribution >= 4 is 10.0 Å². The van der Waals surface area contributed by atoms with E-state index in [0.29, 0.717) is 18.1 Å². The molecule has 1 fully saturated rings. The molecule has 0 bridgehead atoms. The van der Waals surface area contributed by atoms with Crippen molar-refractivity contribution in [2.24, 2.45) is 0 Å². The first-order valence-electron chi connectivity index (χ1n) is 10.0. The molecule has 2 aromatic carbocycles. The van der Waals surface area contributed by atoms with Crippen LogP contribution in [0, 0.1) is 0 Å². The maximum atomic E-state index is 13.3. The van der Waals surface area contributed by atoms with Gasteiger partial charge in [-0.1, -0.05) is 42.5 Å². The van der Waals surface area contributed by atoms with Gasteiger partial charge in [-0.2, -0.15) is 9.37 Å². The van der Waals surface area contributed by atoms with Crippen LogP contribution in [-0.4, -0.2) is 43.7 Å². The van der Waals surface area contributed by atoms with E-state index < -0.39 is 21.3 Å². The van der Waals surface area contributed by atoms with Gasteiger partial charge in [-0.05, 0) is 35.4 Å². The Kier molecular flexibility index (Phi) is 6.43. The van der Waals surface area contributed by atoms with Gasteiger partial charge in [-0.3, -0.25) is 4.84 Å².